The Labute approximate surface area is 149 Å². The molecule has 7 nitrogen and oxygen atoms in total. The number of halogens is 1. The molecule has 1 atom stereocenters. The number of piperidine rings is 1. The van der Waals surface area contributed by atoms with Gasteiger partial charge in [0.15, 0.2) is 5.56 Å². The Hall–Kier alpha value is -3.08. The van der Waals surface area contributed by atoms with Crippen LogP contribution in [0, 0.1) is 17.1 Å². The molecule has 0 saturated carbocycles. The Balaban J connectivity index is 1.91. The number of benzene rings is 1. The highest BCUT2D eigenvalue weighted by molar-refractivity contribution is 5.53. The summed E-state index contributed by atoms with van der Waals surface area (Å²) < 4.78 is 16.2. The maximum absolute atomic E-state index is 14.1. The van der Waals surface area contributed by atoms with Crippen molar-refractivity contribution >= 4 is 11.5 Å². The van der Waals surface area contributed by atoms with Crippen LogP contribution in [0.1, 0.15) is 18.4 Å². The fourth-order valence-electron chi connectivity index (χ4n) is 3.33. The Kier molecular flexibility index (Phi) is 4.80. The monoisotopic (exact) mass is 357 g/mol. The van der Waals surface area contributed by atoms with E-state index in [-0.39, 0.29) is 23.2 Å². The minimum atomic E-state index is -0.625. The third kappa shape index (κ3) is 3.08. The molecule has 2 heterocycles. The molecule has 8 heteroatoms. The topological polar surface area (TPSA) is 83.1 Å². The quantitative estimate of drug-likeness (QED) is 0.892. The van der Waals surface area contributed by atoms with E-state index < -0.39 is 11.2 Å². The van der Waals surface area contributed by atoms with Crippen molar-refractivity contribution < 1.29 is 4.39 Å². The van der Waals surface area contributed by atoms with E-state index in [0.717, 1.165) is 24.0 Å². The predicted molar refractivity (Wildman–Crippen MR) is 96.9 cm³/mol. The summed E-state index contributed by atoms with van der Waals surface area (Å²) in [6, 6.07) is 8.35. The number of aromatic nitrogens is 2. The number of nitrogens with one attached hydrogen (secondary N) is 1. The minimum Gasteiger partial charge on any atom is -0.367 e. The van der Waals surface area contributed by atoms with Crippen LogP contribution in [0.4, 0.5) is 15.9 Å². The van der Waals surface area contributed by atoms with E-state index in [4.69, 9.17) is 0 Å². The van der Waals surface area contributed by atoms with Gasteiger partial charge in [0, 0.05) is 33.2 Å². The molecule has 1 saturated heterocycles. The second-order valence-electron chi connectivity index (χ2n) is 6.42. The molecule has 1 aromatic carbocycles. The van der Waals surface area contributed by atoms with Crippen LogP contribution in [0.5, 0.6) is 0 Å². The fourth-order valence-corrected chi connectivity index (χ4v) is 3.33. The molecular weight excluding hydrogens is 337 g/mol. The third-order valence-corrected chi connectivity index (χ3v) is 4.73. The maximum Gasteiger partial charge on any atom is 0.332 e. The lowest BCUT2D eigenvalue weighted by Gasteiger charge is -2.35. The second kappa shape index (κ2) is 7.04. The lowest BCUT2D eigenvalue weighted by molar-refractivity contribution is 0.514. The standard InChI is InChI=1S/C18H20FN5O2/c1-22-16(13(10-20)17(25)23(2)18(22)26)21-12-6-5-9-24(11-12)15-8-4-3-7-14(15)19/h3-4,7-8,12,21H,5-6,9,11H2,1-2H3. The van der Waals surface area contributed by atoms with Crippen molar-refractivity contribution in [1.29, 1.82) is 5.26 Å². The van der Waals surface area contributed by atoms with E-state index in [1.165, 1.54) is 24.7 Å². The summed E-state index contributed by atoms with van der Waals surface area (Å²) in [6.07, 6.45) is 1.62. The number of anilines is 2. The lowest BCUT2D eigenvalue weighted by Crippen LogP contribution is -2.45. The van der Waals surface area contributed by atoms with Crippen molar-refractivity contribution in [1.82, 2.24) is 9.13 Å². The van der Waals surface area contributed by atoms with Gasteiger partial charge in [0.1, 0.15) is 17.7 Å². The largest absolute Gasteiger partial charge is 0.367 e. The number of nitrogens with zero attached hydrogens (tertiary/aromatic N) is 4. The molecule has 1 N–H and O–H groups in total. The van der Waals surface area contributed by atoms with Crippen LogP contribution >= 0.6 is 0 Å². The minimum absolute atomic E-state index is 0.0994. The fraction of sp³-hybridized carbons (Fsp3) is 0.389. The van der Waals surface area contributed by atoms with Gasteiger partial charge < -0.3 is 10.2 Å². The van der Waals surface area contributed by atoms with Crippen LogP contribution in [-0.2, 0) is 14.1 Å². The van der Waals surface area contributed by atoms with Crippen molar-refractivity contribution in [3.8, 4) is 6.07 Å². The maximum atomic E-state index is 14.1. The van der Waals surface area contributed by atoms with Crippen LogP contribution < -0.4 is 21.5 Å². The van der Waals surface area contributed by atoms with Crippen molar-refractivity contribution in [2.24, 2.45) is 14.1 Å². The van der Waals surface area contributed by atoms with Gasteiger partial charge in [-0.3, -0.25) is 13.9 Å². The highest BCUT2D eigenvalue weighted by atomic mass is 19.1. The summed E-state index contributed by atoms with van der Waals surface area (Å²) in [7, 11) is 2.86. The lowest BCUT2D eigenvalue weighted by atomic mass is 10.0. The summed E-state index contributed by atoms with van der Waals surface area (Å²) >= 11 is 0. The van der Waals surface area contributed by atoms with Gasteiger partial charge in [-0.15, -0.1) is 0 Å². The first-order valence-electron chi connectivity index (χ1n) is 8.40. The molecule has 3 rings (SSSR count). The number of hydrogen-bond donors (Lipinski definition) is 1. The highest BCUT2D eigenvalue weighted by Gasteiger charge is 2.24. The van der Waals surface area contributed by atoms with Gasteiger partial charge in [0.2, 0.25) is 0 Å². The third-order valence-electron chi connectivity index (χ3n) is 4.73. The smallest absolute Gasteiger partial charge is 0.332 e. The first-order valence-corrected chi connectivity index (χ1v) is 8.40. The van der Waals surface area contributed by atoms with Crippen molar-refractivity contribution in [3.63, 3.8) is 0 Å². The summed E-state index contributed by atoms with van der Waals surface area (Å²) in [5.74, 6) is -0.0761. The van der Waals surface area contributed by atoms with Crippen LogP contribution in [-0.4, -0.2) is 28.3 Å². The molecule has 0 aliphatic carbocycles. The Morgan fingerprint density at radius 3 is 2.65 bits per heavy atom. The molecular formula is C18H20FN5O2. The predicted octanol–water partition coefficient (Wildman–Crippen LogP) is 1.18. The van der Waals surface area contributed by atoms with E-state index in [1.54, 1.807) is 18.2 Å². The SMILES string of the molecule is Cn1c(NC2CCCN(c3ccccc3F)C2)c(C#N)c(=O)n(C)c1=O. The van der Waals surface area contributed by atoms with Gasteiger partial charge in [0.25, 0.3) is 5.56 Å². The Morgan fingerprint density at radius 1 is 1.23 bits per heavy atom. The number of nitriles is 1. The molecule has 0 bridgehead atoms. The average Bonchev–Trinajstić information content (AvgIpc) is 2.65. The second-order valence-corrected chi connectivity index (χ2v) is 6.42. The number of hydrogen-bond acceptors (Lipinski definition) is 5. The molecule has 1 aromatic heterocycles. The summed E-state index contributed by atoms with van der Waals surface area (Å²) in [5.41, 5.74) is -0.701. The molecule has 2 aromatic rings. The summed E-state index contributed by atoms with van der Waals surface area (Å²) in [6.45, 7) is 1.23. The van der Waals surface area contributed by atoms with E-state index in [0.29, 0.717) is 12.2 Å². The normalized spacial score (nSPS) is 17.0. The van der Waals surface area contributed by atoms with Crippen LogP contribution in [0.25, 0.3) is 0 Å². The van der Waals surface area contributed by atoms with E-state index in [9.17, 15) is 19.2 Å². The summed E-state index contributed by atoms with van der Waals surface area (Å²) in [4.78, 5) is 26.3. The Bertz CT molecular complexity index is 989. The van der Waals surface area contributed by atoms with Crippen molar-refractivity contribution in [2.45, 2.75) is 18.9 Å². The molecule has 1 aliphatic rings. The molecule has 1 aliphatic heterocycles. The first kappa shape index (κ1) is 17.7. The number of rotatable bonds is 3. The molecule has 136 valence electrons. The van der Waals surface area contributed by atoms with Crippen LogP contribution in [0.2, 0.25) is 0 Å². The van der Waals surface area contributed by atoms with Gasteiger partial charge >= 0.3 is 5.69 Å². The van der Waals surface area contributed by atoms with Crippen LogP contribution in [0.3, 0.4) is 0 Å². The van der Waals surface area contributed by atoms with E-state index in [2.05, 4.69) is 5.32 Å². The zero-order valence-electron chi connectivity index (χ0n) is 14.7. The molecule has 26 heavy (non-hydrogen) atoms. The van der Waals surface area contributed by atoms with E-state index >= 15 is 0 Å². The molecule has 0 amide bonds. The van der Waals surface area contributed by atoms with Crippen molar-refractivity contribution in [2.75, 3.05) is 23.3 Å². The molecule has 1 unspecified atom stereocenters. The first-order chi connectivity index (χ1) is 12.4. The van der Waals surface area contributed by atoms with Gasteiger partial charge in [-0.05, 0) is 25.0 Å². The zero-order chi connectivity index (χ0) is 18.8. The molecule has 1 fully saturated rings. The van der Waals surface area contributed by atoms with Crippen molar-refractivity contribution in [3.05, 3.63) is 56.5 Å². The zero-order valence-corrected chi connectivity index (χ0v) is 14.7. The summed E-state index contributed by atoms with van der Waals surface area (Å²) in [5, 5.41) is 12.5. The van der Waals surface area contributed by atoms with E-state index in [1.807, 2.05) is 11.0 Å². The highest BCUT2D eigenvalue weighted by Crippen LogP contribution is 2.24. The van der Waals surface area contributed by atoms with Gasteiger partial charge in [0.05, 0.1) is 5.69 Å². The van der Waals surface area contributed by atoms with Gasteiger partial charge in [-0.2, -0.15) is 5.26 Å². The average molecular weight is 357 g/mol. The van der Waals surface area contributed by atoms with Gasteiger partial charge in [-0.1, -0.05) is 12.1 Å². The van der Waals surface area contributed by atoms with Gasteiger partial charge in [-0.25, -0.2) is 9.18 Å². The molecule has 0 spiro atoms. The van der Waals surface area contributed by atoms with Crippen LogP contribution in [0.15, 0.2) is 33.9 Å². The molecule has 0 radical (unpaired) electrons. The Morgan fingerprint density at radius 2 is 1.96 bits per heavy atom. The number of para-hydroxylation sites is 1.